The number of nitrogens with zero attached hydrogens (tertiary/aromatic N) is 6. The van der Waals surface area contributed by atoms with Crippen LogP contribution in [0.15, 0.2) is 53.2 Å². The summed E-state index contributed by atoms with van der Waals surface area (Å²) >= 11 is 0. The normalized spacial score (nSPS) is 13.6. The molecular formula is C25H23N7O5. The predicted octanol–water partition coefficient (Wildman–Crippen LogP) is 2.43. The minimum atomic E-state index is -0.161. The van der Waals surface area contributed by atoms with E-state index in [1.165, 1.54) is 0 Å². The Kier molecular flexibility index (Phi) is 6.16. The van der Waals surface area contributed by atoms with Crippen molar-refractivity contribution in [1.29, 1.82) is 0 Å². The Balaban J connectivity index is 1.24. The number of ether oxygens (including phenoxy) is 3. The smallest absolute Gasteiger partial charge is 0.252 e. The number of methoxy groups -OCH3 is 1. The molecule has 37 heavy (non-hydrogen) atoms. The molecule has 1 N–H and O–H groups in total. The van der Waals surface area contributed by atoms with Gasteiger partial charge >= 0.3 is 0 Å². The van der Waals surface area contributed by atoms with Crippen LogP contribution in [0, 0.1) is 5.92 Å². The molecule has 1 saturated heterocycles. The number of hydrogen-bond donors (Lipinski definition) is 1. The van der Waals surface area contributed by atoms with Crippen molar-refractivity contribution in [2.75, 3.05) is 26.9 Å². The van der Waals surface area contributed by atoms with Crippen LogP contribution in [-0.2, 0) is 22.7 Å². The van der Waals surface area contributed by atoms with Crippen molar-refractivity contribution < 1.29 is 23.5 Å². The molecular weight excluding hydrogens is 478 g/mol. The SMILES string of the molecule is COCc1cc(-c2nnc3c4ccccc4c(OCc4ccc(C(=O)NCC5COC5)cn4)nn23)no1. The van der Waals surface area contributed by atoms with E-state index in [0.717, 1.165) is 10.8 Å². The topological polar surface area (TPSA) is 139 Å². The van der Waals surface area contributed by atoms with Gasteiger partial charge in [0.15, 0.2) is 17.1 Å². The van der Waals surface area contributed by atoms with Crippen LogP contribution in [0.25, 0.3) is 27.9 Å². The summed E-state index contributed by atoms with van der Waals surface area (Å²) in [5.74, 6) is 1.58. The predicted molar refractivity (Wildman–Crippen MR) is 130 cm³/mol. The zero-order chi connectivity index (χ0) is 25.2. The Bertz CT molecular complexity index is 1560. The van der Waals surface area contributed by atoms with Gasteiger partial charge in [-0.15, -0.1) is 15.3 Å². The molecule has 0 saturated carbocycles. The molecule has 0 bridgehead atoms. The Hall–Kier alpha value is -4.42. The largest absolute Gasteiger partial charge is 0.470 e. The molecule has 1 amide bonds. The highest BCUT2D eigenvalue weighted by atomic mass is 16.5. The molecule has 1 fully saturated rings. The first-order valence-corrected chi connectivity index (χ1v) is 11.7. The number of nitrogens with one attached hydrogen (secondary N) is 1. The number of carbonyl (C=O) groups excluding carboxylic acids is 1. The third-order valence-corrected chi connectivity index (χ3v) is 6.01. The van der Waals surface area contributed by atoms with Crippen molar-refractivity contribution in [3.05, 3.63) is 65.7 Å². The van der Waals surface area contributed by atoms with Crippen LogP contribution in [0.3, 0.4) is 0 Å². The maximum atomic E-state index is 12.3. The van der Waals surface area contributed by atoms with Gasteiger partial charge in [0.25, 0.3) is 5.91 Å². The number of pyridine rings is 1. The monoisotopic (exact) mass is 501 g/mol. The molecule has 1 aliphatic heterocycles. The van der Waals surface area contributed by atoms with Crippen LogP contribution in [0.5, 0.6) is 5.88 Å². The summed E-state index contributed by atoms with van der Waals surface area (Å²) in [7, 11) is 1.58. The number of rotatable bonds is 9. The third kappa shape index (κ3) is 4.59. The van der Waals surface area contributed by atoms with E-state index in [2.05, 4.69) is 30.8 Å². The molecule has 0 spiro atoms. The first-order chi connectivity index (χ1) is 18.2. The molecule has 0 atom stereocenters. The highest BCUT2D eigenvalue weighted by Crippen LogP contribution is 2.29. The van der Waals surface area contributed by atoms with Gasteiger partial charge in [-0.2, -0.15) is 4.52 Å². The lowest BCUT2D eigenvalue weighted by Gasteiger charge is -2.25. The van der Waals surface area contributed by atoms with Crippen LogP contribution >= 0.6 is 0 Å². The molecule has 6 rings (SSSR count). The Labute approximate surface area is 210 Å². The molecule has 1 aliphatic rings. The maximum absolute atomic E-state index is 12.3. The van der Waals surface area contributed by atoms with Gasteiger partial charge in [-0.1, -0.05) is 23.4 Å². The average molecular weight is 502 g/mol. The minimum absolute atomic E-state index is 0.156. The molecule has 188 valence electrons. The molecule has 0 unspecified atom stereocenters. The minimum Gasteiger partial charge on any atom is -0.470 e. The zero-order valence-corrected chi connectivity index (χ0v) is 20.0. The molecule has 1 aromatic carbocycles. The van der Waals surface area contributed by atoms with E-state index < -0.39 is 0 Å². The van der Waals surface area contributed by atoms with Crippen molar-refractivity contribution in [2.45, 2.75) is 13.2 Å². The number of aromatic nitrogens is 6. The standard InChI is InChI=1S/C25H23N7O5/c1-34-14-18-8-21(31-37-18)23-29-28-22-19-4-2-3-5-20(19)25(30-32(22)23)36-13-17-7-6-16(10-26-17)24(33)27-9-15-11-35-12-15/h2-8,10,15H,9,11-14H2,1H3,(H,27,33). The van der Waals surface area contributed by atoms with Gasteiger partial charge in [-0.25, -0.2) is 0 Å². The van der Waals surface area contributed by atoms with Crippen molar-refractivity contribution in [1.82, 2.24) is 35.3 Å². The van der Waals surface area contributed by atoms with Crippen LogP contribution < -0.4 is 10.1 Å². The molecule has 5 aromatic rings. The van der Waals surface area contributed by atoms with E-state index in [1.807, 2.05) is 24.3 Å². The zero-order valence-electron chi connectivity index (χ0n) is 20.0. The summed E-state index contributed by atoms with van der Waals surface area (Å²) in [6.45, 7) is 2.42. The summed E-state index contributed by atoms with van der Waals surface area (Å²) in [5, 5.41) is 21.9. The Morgan fingerprint density at radius 1 is 1.14 bits per heavy atom. The Morgan fingerprint density at radius 2 is 2.00 bits per heavy atom. The molecule has 0 radical (unpaired) electrons. The maximum Gasteiger partial charge on any atom is 0.252 e. The van der Waals surface area contributed by atoms with Crippen LogP contribution in [0.4, 0.5) is 0 Å². The van der Waals surface area contributed by atoms with Crippen LogP contribution in [-0.4, -0.2) is 62.7 Å². The van der Waals surface area contributed by atoms with Gasteiger partial charge in [-0.3, -0.25) is 9.78 Å². The van der Waals surface area contributed by atoms with E-state index in [4.69, 9.17) is 18.7 Å². The second-order valence-corrected chi connectivity index (χ2v) is 8.66. The number of fused-ring (bicyclic) bond motifs is 3. The van der Waals surface area contributed by atoms with E-state index in [1.54, 1.807) is 36.0 Å². The highest BCUT2D eigenvalue weighted by molar-refractivity contribution is 5.97. The second-order valence-electron chi connectivity index (χ2n) is 8.66. The van der Waals surface area contributed by atoms with Crippen LogP contribution in [0.1, 0.15) is 21.8 Å². The molecule has 12 nitrogen and oxygen atoms in total. The van der Waals surface area contributed by atoms with Gasteiger partial charge < -0.3 is 24.1 Å². The lowest BCUT2D eigenvalue weighted by Crippen LogP contribution is -2.39. The second kappa shape index (κ2) is 9.91. The van der Waals surface area contributed by atoms with Gasteiger partial charge in [0.2, 0.25) is 11.7 Å². The van der Waals surface area contributed by atoms with E-state index in [-0.39, 0.29) is 19.1 Å². The number of carbonyl (C=O) groups is 1. The van der Waals surface area contributed by atoms with Crippen molar-refractivity contribution in [3.8, 4) is 17.4 Å². The van der Waals surface area contributed by atoms with E-state index in [0.29, 0.717) is 65.7 Å². The number of benzene rings is 1. The van der Waals surface area contributed by atoms with Gasteiger partial charge in [-0.05, 0) is 18.2 Å². The first kappa shape index (κ1) is 23.0. The van der Waals surface area contributed by atoms with Gasteiger partial charge in [0.1, 0.15) is 13.2 Å². The van der Waals surface area contributed by atoms with Crippen molar-refractivity contribution in [3.63, 3.8) is 0 Å². The van der Waals surface area contributed by atoms with Crippen molar-refractivity contribution in [2.24, 2.45) is 5.92 Å². The highest BCUT2D eigenvalue weighted by Gasteiger charge is 2.20. The molecule has 12 heteroatoms. The third-order valence-electron chi connectivity index (χ3n) is 6.01. The quantitative estimate of drug-likeness (QED) is 0.320. The van der Waals surface area contributed by atoms with E-state index >= 15 is 0 Å². The number of hydrogen-bond acceptors (Lipinski definition) is 10. The van der Waals surface area contributed by atoms with E-state index in [9.17, 15) is 4.79 Å². The fourth-order valence-corrected chi connectivity index (χ4v) is 3.97. The lowest BCUT2D eigenvalue weighted by molar-refractivity contribution is -0.0298. The fourth-order valence-electron chi connectivity index (χ4n) is 3.97. The van der Waals surface area contributed by atoms with Crippen LogP contribution in [0.2, 0.25) is 0 Å². The van der Waals surface area contributed by atoms with Gasteiger partial charge in [0, 0.05) is 42.6 Å². The summed E-state index contributed by atoms with van der Waals surface area (Å²) in [5.41, 5.74) is 2.19. The molecule has 5 heterocycles. The average Bonchev–Trinajstić information content (AvgIpc) is 3.54. The molecule has 4 aromatic heterocycles. The first-order valence-electron chi connectivity index (χ1n) is 11.7. The van der Waals surface area contributed by atoms with Crippen molar-refractivity contribution >= 4 is 22.3 Å². The Morgan fingerprint density at radius 3 is 2.76 bits per heavy atom. The number of amides is 1. The fraction of sp³-hybridized carbons (Fsp3) is 0.280. The van der Waals surface area contributed by atoms with Gasteiger partial charge in [0.05, 0.1) is 24.5 Å². The summed E-state index contributed by atoms with van der Waals surface area (Å²) in [6.07, 6.45) is 1.54. The summed E-state index contributed by atoms with van der Waals surface area (Å²) < 4.78 is 23.2. The summed E-state index contributed by atoms with van der Waals surface area (Å²) in [6, 6.07) is 12.9. The molecule has 0 aliphatic carbocycles. The summed E-state index contributed by atoms with van der Waals surface area (Å²) in [4.78, 5) is 16.7. The lowest BCUT2D eigenvalue weighted by atomic mass is 10.1.